The van der Waals surface area contributed by atoms with Crippen molar-refractivity contribution in [2.75, 3.05) is 0 Å². The minimum absolute atomic E-state index is 0.539. The van der Waals surface area contributed by atoms with Crippen molar-refractivity contribution in [3.63, 3.8) is 0 Å². The molecule has 64 heavy (non-hydrogen) atoms. The first-order valence-corrected chi connectivity index (χ1v) is 21.6. The predicted molar refractivity (Wildman–Crippen MR) is 257 cm³/mol. The molecule has 1 aliphatic carbocycles. The zero-order valence-electron chi connectivity index (χ0n) is 34.2. The first-order chi connectivity index (χ1) is 31.7. The molecule has 0 fully saturated rings. The second kappa shape index (κ2) is 13.2. The van der Waals surface area contributed by atoms with E-state index in [9.17, 15) is 0 Å². The number of aromatic nitrogens is 4. The minimum Gasteiger partial charge on any atom is -0.456 e. The molecule has 0 unspecified atom stereocenters. The van der Waals surface area contributed by atoms with Gasteiger partial charge in [0.25, 0.3) is 0 Å². The number of nitrogens with zero attached hydrogens (tertiary/aromatic N) is 4. The average Bonchev–Trinajstić information content (AvgIpc) is 4.10. The van der Waals surface area contributed by atoms with E-state index in [2.05, 4.69) is 187 Å². The Morgan fingerprint density at radius 2 is 0.875 bits per heavy atom. The summed E-state index contributed by atoms with van der Waals surface area (Å²) in [6.07, 6.45) is 0. The summed E-state index contributed by atoms with van der Waals surface area (Å²) in [7, 11) is 0. The summed E-state index contributed by atoms with van der Waals surface area (Å²) >= 11 is 0. The van der Waals surface area contributed by atoms with Gasteiger partial charge in [0.1, 0.15) is 27.7 Å². The molecule has 13 aromatic rings. The molecule has 6 heteroatoms. The molecule has 0 amide bonds. The Labute approximate surface area is 366 Å². The van der Waals surface area contributed by atoms with Gasteiger partial charge in [0.2, 0.25) is 5.95 Å². The van der Waals surface area contributed by atoms with E-state index in [0.717, 1.165) is 110 Å². The number of hydrogen-bond donors (Lipinski definition) is 0. The van der Waals surface area contributed by atoms with Crippen molar-refractivity contribution < 1.29 is 8.83 Å². The number of benzene rings is 9. The number of fused-ring (bicyclic) bond motifs is 12. The Morgan fingerprint density at radius 3 is 1.55 bits per heavy atom. The van der Waals surface area contributed by atoms with E-state index in [1.807, 2.05) is 24.3 Å². The van der Waals surface area contributed by atoms with E-state index in [1.54, 1.807) is 0 Å². The highest BCUT2D eigenvalue weighted by Gasteiger charge is 2.49. The van der Waals surface area contributed by atoms with Gasteiger partial charge in [0, 0.05) is 37.9 Å². The van der Waals surface area contributed by atoms with E-state index < -0.39 is 5.41 Å². The average molecular weight is 819 g/mol. The Hall–Kier alpha value is -8.61. The van der Waals surface area contributed by atoms with Crippen LogP contribution in [0.5, 0.6) is 0 Å². The summed E-state index contributed by atoms with van der Waals surface area (Å²) < 4.78 is 15.2. The van der Waals surface area contributed by atoms with Crippen LogP contribution in [0.3, 0.4) is 0 Å². The van der Waals surface area contributed by atoms with Crippen LogP contribution in [0.4, 0.5) is 0 Å². The summed E-state index contributed by atoms with van der Waals surface area (Å²) in [5.41, 5.74) is 12.9. The zero-order chi connectivity index (χ0) is 41.9. The molecule has 4 heterocycles. The highest BCUT2D eigenvalue weighted by Crippen LogP contribution is 2.56. The lowest BCUT2D eigenvalue weighted by atomic mass is 9.71. The fourth-order valence-electron chi connectivity index (χ4n) is 10.5. The topological polar surface area (TPSA) is 69.9 Å². The molecule has 0 atom stereocenters. The van der Waals surface area contributed by atoms with Gasteiger partial charge in [-0.15, -0.1) is 0 Å². The minimum atomic E-state index is -0.949. The Balaban J connectivity index is 1.07. The lowest BCUT2D eigenvalue weighted by Gasteiger charge is -2.32. The zero-order valence-corrected chi connectivity index (χ0v) is 34.2. The van der Waals surface area contributed by atoms with Crippen LogP contribution in [0.1, 0.15) is 22.5 Å². The van der Waals surface area contributed by atoms with Crippen LogP contribution in [-0.4, -0.2) is 19.5 Å². The molecule has 14 rings (SSSR count). The summed E-state index contributed by atoms with van der Waals surface area (Å²) in [6, 6.07) is 72.4. The molecule has 298 valence electrons. The van der Waals surface area contributed by atoms with Gasteiger partial charge in [-0.2, -0.15) is 9.97 Å². The van der Waals surface area contributed by atoms with Gasteiger partial charge in [0.05, 0.1) is 11.0 Å². The second-order valence-electron chi connectivity index (χ2n) is 16.7. The standard InChI is InChI=1S/C58H34N4O2/c1-7-22-47-39(16-1)40-17-2-8-23-48(40)58(47,38-29-31-46-44-21-6-12-27-52(44)64-54(46)34-38)56-59-55(60-57(61-56)62-49-24-9-3-18-41(49)42-19-4-10-25-50(42)62)37-15-13-14-35(32-37)36-28-30-45-43-20-5-11-26-51(43)63-53(45)33-36/h1-34H. The largest absolute Gasteiger partial charge is 0.456 e. The maximum absolute atomic E-state index is 6.62. The number of furan rings is 2. The molecule has 0 spiro atoms. The van der Waals surface area contributed by atoms with Gasteiger partial charge in [0.15, 0.2) is 11.6 Å². The van der Waals surface area contributed by atoms with Crippen molar-refractivity contribution in [3.05, 3.63) is 229 Å². The van der Waals surface area contributed by atoms with Gasteiger partial charge >= 0.3 is 0 Å². The smallest absolute Gasteiger partial charge is 0.238 e. The van der Waals surface area contributed by atoms with Gasteiger partial charge in [-0.1, -0.05) is 158 Å². The second-order valence-corrected chi connectivity index (χ2v) is 16.7. The van der Waals surface area contributed by atoms with Gasteiger partial charge in [-0.3, -0.25) is 4.57 Å². The van der Waals surface area contributed by atoms with Crippen LogP contribution >= 0.6 is 0 Å². The summed E-state index contributed by atoms with van der Waals surface area (Å²) in [5, 5.41) is 6.61. The van der Waals surface area contributed by atoms with E-state index in [4.69, 9.17) is 23.8 Å². The molecular formula is C58H34N4O2. The van der Waals surface area contributed by atoms with Crippen molar-refractivity contribution in [1.82, 2.24) is 19.5 Å². The third kappa shape index (κ3) is 4.87. The molecular weight excluding hydrogens is 785 g/mol. The van der Waals surface area contributed by atoms with Crippen LogP contribution in [0.25, 0.3) is 105 Å². The first kappa shape index (κ1) is 35.0. The van der Waals surface area contributed by atoms with Crippen molar-refractivity contribution in [1.29, 1.82) is 0 Å². The summed E-state index contributed by atoms with van der Waals surface area (Å²) in [6.45, 7) is 0. The maximum atomic E-state index is 6.62. The molecule has 1 aliphatic rings. The number of para-hydroxylation sites is 4. The molecule has 0 saturated carbocycles. The molecule has 0 bridgehead atoms. The first-order valence-electron chi connectivity index (χ1n) is 21.6. The van der Waals surface area contributed by atoms with E-state index in [-0.39, 0.29) is 0 Å². The van der Waals surface area contributed by atoms with E-state index in [1.165, 1.54) is 0 Å². The molecule has 4 aromatic heterocycles. The molecule has 0 radical (unpaired) electrons. The van der Waals surface area contributed by atoms with Gasteiger partial charge < -0.3 is 8.83 Å². The van der Waals surface area contributed by atoms with Crippen LogP contribution in [-0.2, 0) is 5.41 Å². The lowest BCUT2D eigenvalue weighted by Crippen LogP contribution is -2.32. The molecule has 9 aromatic carbocycles. The predicted octanol–water partition coefficient (Wildman–Crippen LogP) is 14.5. The number of hydrogen-bond acceptors (Lipinski definition) is 5. The highest BCUT2D eigenvalue weighted by molar-refractivity contribution is 6.09. The molecule has 6 nitrogen and oxygen atoms in total. The molecule has 0 saturated heterocycles. The summed E-state index contributed by atoms with van der Waals surface area (Å²) in [5.74, 6) is 1.73. The van der Waals surface area contributed by atoms with Gasteiger partial charge in [-0.25, -0.2) is 4.98 Å². The van der Waals surface area contributed by atoms with Crippen molar-refractivity contribution in [2.45, 2.75) is 5.41 Å². The van der Waals surface area contributed by atoms with E-state index >= 15 is 0 Å². The van der Waals surface area contributed by atoms with Crippen molar-refractivity contribution >= 4 is 65.7 Å². The highest BCUT2D eigenvalue weighted by atomic mass is 16.3. The number of rotatable bonds is 5. The Bertz CT molecular complexity index is 3960. The van der Waals surface area contributed by atoms with Crippen LogP contribution < -0.4 is 0 Å². The lowest BCUT2D eigenvalue weighted by molar-refractivity contribution is 0.659. The normalized spacial score (nSPS) is 13.1. The van der Waals surface area contributed by atoms with Gasteiger partial charge in [-0.05, 0) is 87.5 Å². The van der Waals surface area contributed by atoms with E-state index in [0.29, 0.717) is 17.6 Å². The van der Waals surface area contributed by atoms with Crippen LogP contribution in [0.2, 0.25) is 0 Å². The third-order valence-electron chi connectivity index (χ3n) is 13.3. The monoisotopic (exact) mass is 818 g/mol. The Kier molecular flexibility index (Phi) is 7.22. The third-order valence-corrected chi connectivity index (χ3v) is 13.3. The van der Waals surface area contributed by atoms with Crippen LogP contribution in [0.15, 0.2) is 215 Å². The van der Waals surface area contributed by atoms with Crippen molar-refractivity contribution in [3.8, 4) is 39.6 Å². The SMILES string of the molecule is c1cc(-c2ccc3c(c2)oc2ccccc23)cc(-c2nc(-n3c4ccccc4c4ccccc43)nc(C3(c4ccc5c(c4)oc4ccccc45)c4ccccc4-c4ccccc43)n2)c1. The molecule has 0 aliphatic heterocycles. The maximum Gasteiger partial charge on any atom is 0.238 e. The fourth-order valence-corrected chi connectivity index (χ4v) is 10.5. The Morgan fingerprint density at radius 1 is 0.359 bits per heavy atom. The molecule has 0 N–H and O–H groups in total. The van der Waals surface area contributed by atoms with Crippen LogP contribution in [0, 0.1) is 0 Å². The fraction of sp³-hybridized carbons (Fsp3) is 0.0172. The summed E-state index contributed by atoms with van der Waals surface area (Å²) in [4.78, 5) is 16.8. The van der Waals surface area contributed by atoms with Crippen molar-refractivity contribution in [2.24, 2.45) is 0 Å². The quantitative estimate of drug-likeness (QED) is 0.173.